The molecule has 22 heavy (non-hydrogen) atoms. The second-order valence-electron chi connectivity index (χ2n) is 6.08. The van der Waals surface area contributed by atoms with Crippen LogP contribution in [0.1, 0.15) is 25.0 Å². The topological polar surface area (TPSA) is 32.7 Å². The predicted molar refractivity (Wildman–Crippen MR) is 91.0 cm³/mol. The van der Waals surface area contributed by atoms with Crippen LogP contribution >= 0.6 is 0 Å². The van der Waals surface area contributed by atoms with Gasteiger partial charge in [-0.2, -0.15) is 0 Å². The molecule has 0 spiro atoms. The number of hydrogen-bond donors (Lipinski definition) is 1. The molecule has 118 valence electrons. The van der Waals surface area contributed by atoms with Crippen molar-refractivity contribution in [1.29, 1.82) is 0 Å². The van der Waals surface area contributed by atoms with Crippen molar-refractivity contribution in [3.63, 3.8) is 0 Å². The van der Waals surface area contributed by atoms with E-state index in [0.717, 1.165) is 29.0 Å². The highest BCUT2D eigenvalue weighted by molar-refractivity contribution is 5.68. The molecule has 0 aromatic heterocycles. The van der Waals surface area contributed by atoms with E-state index in [0.29, 0.717) is 0 Å². The summed E-state index contributed by atoms with van der Waals surface area (Å²) in [5.74, 6) is 0.869. The van der Waals surface area contributed by atoms with Crippen LogP contribution in [0.2, 0.25) is 0 Å². The predicted octanol–water partition coefficient (Wildman–Crippen LogP) is 3.69. The van der Waals surface area contributed by atoms with Gasteiger partial charge in [-0.05, 0) is 62.3 Å². The minimum Gasteiger partial charge on any atom is -0.491 e. The molecule has 0 radical (unpaired) electrons. The lowest BCUT2D eigenvalue weighted by Gasteiger charge is -2.14. The number of aliphatic hydroxyl groups excluding tert-OH is 1. The van der Waals surface area contributed by atoms with Gasteiger partial charge in [0, 0.05) is 6.54 Å². The third-order valence-corrected chi connectivity index (χ3v) is 3.38. The largest absolute Gasteiger partial charge is 0.491 e. The van der Waals surface area contributed by atoms with Gasteiger partial charge in [-0.3, -0.25) is 0 Å². The Hall–Kier alpha value is -1.84. The molecule has 0 fully saturated rings. The third-order valence-electron chi connectivity index (χ3n) is 3.38. The van der Waals surface area contributed by atoms with Gasteiger partial charge in [0.15, 0.2) is 0 Å². The van der Waals surface area contributed by atoms with Crippen LogP contribution in [0.15, 0.2) is 42.5 Å². The Morgan fingerprint density at radius 3 is 2.27 bits per heavy atom. The Morgan fingerprint density at radius 1 is 1.05 bits per heavy atom. The van der Waals surface area contributed by atoms with Crippen molar-refractivity contribution in [2.45, 2.75) is 33.1 Å². The fourth-order valence-electron chi connectivity index (χ4n) is 2.51. The minimum atomic E-state index is 0.0425. The minimum absolute atomic E-state index is 0.0425. The highest BCUT2D eigenvalue weighted by Crippen LogP contribution is 2.27. The van der Waals surface area contributed by atoms with Crippen LogP contribution < -0.4 is 4.74 Å². The lowest BCUT2D eigenvalue weighted by molar-refractivity contribution is 0.242. The van der Waals surface area contributed by atoms with Crippen molar-refractivity contribution >= 4 is 0 Å². The highest BCUT2D eigenvalue weighted by atomic mass is 16.5. The number of rotatable bonds is 6. The van der Waals surface area contributed by atoms with Gasteiger partial charge < -0.3 is 14.7 Å². The second-order valence-corrected chi connectivity index (χ2v) is 6.08. The van der Waals surface area contributed by atoms with Gasteiger partial charge in [0.1, 0.15) is 5.75 Å². The molecule has 0 heterocycles. The maximum atomic E-state index is 9.67. The average Bonchev–Trinajstić information content (AvgIpc) is 2.47. The molecule has 0 atom stereocenters. The molecule has 3 heteroatoms. The molecule has 0 saturated carbocycles. The van der Waals surface area contributed by atoms with Gasteiger partial charge in [0.2, 0.25) is 0 Å². The smallest absolute Gasteiger partial charge is 0.119 e. The van der Waals surface area contributed by atoms with Crippen molar-refractivity contribution in [2.24, 2.45) is 0 Å². The van der Waals surface area contributed by atoms with E-state index in [4.69, 9.17) is 4.74 Å². The summed E-state index contributed by atoms with van der Waals surface area (Å²) in [7, 11) is 4.08. The van der Waals surface area contributed by atoms with Crippen molar-refractivity contribution in [2.75, 3.05) is 14.1 Å². The van der Waals surface area contributed by atoms with Gasteiger partial charge in [-0.15, -0.1) is 0 Å². The van der Waals surface area contributed by atoms with E-state index in [1.54, 1.807) is 0 Å². The van der Waals surface area contributed by atoms with E-state index in [1.165, 1.54) is 5.56 Å². The Morgan fingerprint density at radius 2 is 1.73 bits per heavy atom. The first-order chi connectivity index (χ1) is 10.5. The fraction of sp³-hybridized carbons (Fsp3) is 0.368. The van der Waals surface area contributed by atoms with Crippen LogP contribution in [0.5, 0.6) is 5.75 Å². The lowest BCUT2D eigenvalue weighted by atomic mass is 9.97. The second kappa shape index (κ2) is 7.43. The number of benzene rings is 2. The van der Waals surface area contributed by atoms with E-state index < -0.39 is 0 Å². The van der Waals surface area contributed by atoms with Gasteiger partial charge in [0.25, 0.3) is 0 Å². The first-order valence-corrected chi connectivity index (χ1v) is 7.64. The molecule has 2 aromatic rings. The highest BCUT2D eigenvalue weighted by Gasteiger charge is 2.07. The maximum Gasteiger partial charge on any atom is 0.119 e. The monoisotopic (exact) mass is 299 g/mol. The number of hydrogen-bond acceptors (Lipinski definition) is 3. The normalized spacial score (nSPS) is 11.2. The molecule has 1 N–H and O–H groups in total. The number of aliphatic hydroxyl groups is 1. The molecule has 0 aliphatic heterocycles. The summed E-state index contributed by atoms with van der Waals surface area (Å²) >= 11 is 0. The summed E-state index contributed by atoms with van der Waals surface area (Å²) < 4.78 is 5.67. The summed E-state index contributed by atoms with van der Waals surface area (Å²) in [5.41, 5.74) is 4.33. The van der Waals surface area contributed by atoms with Crippen LogP contribution in [0.25, 0.3) is 11.1 Å². The van der Waals surface area contributed by atoms with Crippen LogP contribution in [-0.4, -0.2) is 30.2 Å². The molecular weight excluding hydrogens is 274 g/mol. The van der Waals surface area contributed by atoms with Gasteiger partial charge in [0.05, 0.1) is 12.7 Å². The summed E-state index contributed by atoms with van der Waals surface area (Å²) in [4.78, 5) is 2.12. The maximum absolute atomic E-state index is 9.67. The molecule has 0 aliphatic carbocycles. The molecule has 0 saturated heterocycles. The van der Waals surface area contributed by atoms with Crippen LogP contribution in [-0.2, 0) is 13.2 Å². The van der Waals surface area contributed by atoms with Crippen molar-refractivity contribution in [1.82, 2.24) is 4.90 Å². The zero-order valence-corrected chi connectivity index (χ0v) is 13.8. The summed E-state index contributed by atoms with van der Waals surface area (Å²) in [5, 5.41) is 9.67. The molecule has 0 aliphatic rings. The van der Waals surface area contributed by atoms with Gasteiger partial charge in [-0.1, -0.05) is 30.3 Å². The molecule has 0 unspecified atom stereocenters. The Balaban J connectivity index is 2.27. The van der Waals surface area contributed by atoms with Crippen LogP contribution in [0, 0.1) is 0 Å². The zero-order chi connectivity index (χ0) is 16.1. The van der Waals surface area contributed by atoms with Crippen molar-refractivity contribution < 1.29 is 9.84 Å². The van der Waals surface area contributed by atoms with Crippen LogP contribution in [0.3, 0.4) is 0 Å². The first kappa shape index (κ1) is 16.5. The molecule has 0 bridgehead atoms. The SMILES string of the molecule is CC(C)Oc1ccc(-c2ccc(CN(C)C)cc2CO)cc1. The Kier molecular flexibility index (Phi) is 5.58. The molecule has 0 amide bonds. The summed E-state index contributed by atoms with van der Waals surface area (Å²) in [6, 6.07) is 14.3. The summed E-state index contributed by atoms with van der Waals surface area (Å²) in [6.45, 7) is 4.94. The van der Waals surface area contributed by atoms with E-state index >= 15 is 0 Å². The van der Waals surface area contributed by atoms with Gasteiger partial charge >= 0.3 is 0 Å². The molecule has 2 aromatic carbocycles. The van der Waals surface area contributed by atoms with E-state index in [-0.39, 0.29) is 12.7 Å². The lowest BCUT2D eigenvalue weighted by Crippen LogP contribution is -2.11. The van der Waals surface area contributed by atoms with E-state index in [9.17, 15) is 5.11 Å². The molecule has 2 rings (SSSR count). The van der Waals surface area contributed by atoms with Crippen LogP contribution in [0.4, 0.5) is 0 Å². The van der Waals surface area contributed by atoms with E-state index in [2.05, 4.69) is 23.1 Å². The quantitative estimate of drug-likeness (QED) is 0.883. The Labute approximate surface area is 133 Å². The van der Waals surface area contributed by atoms with E-state index in [1.807, 2.05) is 52.2 Å². The average molecular weight is 299 g/mol. The standard InChI is InChI=1S/C19H25NO2/c1-14(2)22-18-8-6-16(7-9-18)19-10-5-15(12-20(3)4)11-17(19)13-21/h5-11,14,21H,12-13H2,1-4H3. The summed E-state index contributed by atoms with van der Waals surface area (Å²) in [6.07, 6.45) is 0.171. The molecule has 3 nitrogen and oxygen atoms in total. The zero-order valence-electron chi connectivity index (χ0n) is 13.8. The molecular formula is C19H25NO2. The van der Waals surface area contributed by atoms with Crippen molar-refractivity contribution in [3.05, 3.63) is 53.6 Å². The van der Waals surface area contributed by atoms with Gasteiger partial charge in [-0.25, -0.2) is 0 Å². The Bertz CT molecular complexity index is 603. The fourth-order valence-corrected chi connectivity index (χ4v) is 2.51. The first-order valence-electron chi connectivity index (χ1n) is 7.64. The third kappa shape index (κ3) is 4.33. The van der Waals surface area contributed by atoms with Crippen molar-refractivity contribution in [3.8, 4) is 16.9 Å². The number of ether oxygens (including phenoxy) is 1. The number of nitrogens with zero attached hydrogens (tertiary/aromatic N) is 1.